The van der Waals surface area contributed by atoms with Gasteiger partial charge in [-0.15, -0.1) is 0 Å². The van der Waals surface area contributed by atoms with Crippen LogP contribution in [0.4, 0.5) is 0 Å². The predicted octanol–water partition coefficient (Wildman–Crippen LogP) is 1.28. The van der Waals surface area contributed by atoms with Gasteiger partial charge in [0, 0.05) is 24.4 Å². The van der Waals surface area contributed by atoms with Gasteiger partial charge in [-0.2, -0.15) is 4.98 Å². The fourth-order valence-electron chi connectivity index (χ4n) is 1.83. The molecule has 2 N–H and O–H groups in total. The molecular formula is C16H20N4O3. The van der Waals surface area contributed by atoms with Crippen LogP contribution in [0.1, 0.15) is 41.8 Å². The van der Waals surface area contributed by atoms with E-state index in [9.17, 15) is 9.59 Å². The number of hydrogen-bond acceptors (Lipinski definition) is 5. The molecule has 1 heterocycles. The van der Waals surface area contributed by atoms with Crippen molar-refractivity contribution in [3.05, 3.63) is 47.6 Å². The Bertz CT molecular complexity index is 652. The average molecular weight is 316 g/mol. The van der Waals surface area contributed by atoms with Gasteiger partial charge in [0.2, 0.25) is 11.8 Å². The normalized spacial score (nSPS) is 10.6. The highest BCUT2D eigenvalue weighted by atomic mass is 16.5. The Hall–Kier alpha value is -2.70. The summed E-state index contributed by atoms with van der Waals surface area (Å²) >= 11 is 0. The van der Waals surface area contributed by atoms with Crippen molar-refractivity contribution in [2.45, 2.75) is 26.2 Å². The number of nitrogens with one attached hydrogen (secondary N) is 2. The van der Waals surface area contributed by atoms with E-state index in [1.165, 1.54) is 0 Å². The zero-order chi connectivity index (χ0) is 16.7. The van der Waals surface area contributed by atoms with Gasteiger partial charge in [-0.05, 0) is 12.1 Å². The predicted molar refractivity (Wildman–Crippen MR) is 83.9 cm³/mol. The molecule has 0 spiro atoms. The van der Waals surface area contributed by atoms with Crippen molar-refractivity contribution in [3.8, 4) is 0 Å². The molecule has 0 aliphatic carbocycles. The minimum absolute atomic E-state index is 0.0746. The summed E-state index contributed by atoms with van der Waals surface area (Å²) in [4.78, 5) is 27.7. The molecular weight excluding hydrogens is 296 g/mol. The van der Waals surface area contributed by atoms with E-state index in [1.807, 2.05) is 19.9 Å². The van der Waals surface area contributed by atoms with Crippen LogP contribution in [0.15, 0.2) is 34.9 Å². The van der Waals surface area contributed by atoms with Crippen LogP contribution >= 0.6 is 0 Å². The Balaban J connectivity index is 1.68. The van der Waals surface area contributed by atoms with Crippen molar-refractivity contribution in [3.63, 3.8) is 0 Å². The summed E-state index contributed by atoms with van der Waals surface area (Å²) in [6.07, 6.45) is 0.456. The zero-order valence-electron chi connectivity index (χ0n) is 13.2. The molecule has 0 atom stereocenters. The van der Waals surface area contributed by atoms with Gasteiger partial charge < -0.3 is 15.2 Å². The van der Waals surface area contributed by atoms with Gasteiger partial charge in [0.25, 0.3) is 5.91 Å². The van der Waals surface area contributed by atoms with Crippen LogP contribution in [0.25, 0.3) is 0 Å². The second-order valence-corrected chi connectivity index (χ2v) is 5.35. The molecule has 0 fully saturated rings. The molecule has 0 radical (unpaired) electrons. The lowest BCUT2D eigenvalue weighted by atomic mass is 10.2. The van der Waals surface area contributed by atoms with Crippen molar-refractivity contribution >= 4 is 11.8 Å². The third kappa shape index (κ3) is 5.21. The Morgan fingerprint density at radius 2 is 1.91 bits per heavy atom. The summed E-state index contributed by atoms with van der Waals surface area (Å²) in [6, 6.07) is 8.74. The van der Waals surface area contributed by atoms with E-state index >= 15 is 0 Å². The van der Waals surface area contributed by atoms with Gasteiger partial charge in [0.15, 0.2) is 5.82 Å². The summed E-state index contributed by atoms with van der Waals surface area (Å²) in [5.74, 6) is 0.802. The highest BCUT2D eigenvalue weighted by Crippen LogP contribution is 2.09. The van der Waals surface area contributed by atoms with Gasteiger partial charge in [0.05, 0.1) is 6.54 Å². The number of aromatic nitrogens is 2. The van der Waals surface area contributed by atoms with E-state index in [1.54, 1.807) is 24.3 Å². The highest BCUT2D eigenvalue weighted by molar-refractivity contribution is 5.96. The van der Waals surface area contributed by atoms with Crippen LogP contribution < -0.4 is 10.6 Å². The number of rotatable bonds is 7. The highest BCUT2D eigenvalue weighted by Gasteiger charge is 2.10. The third-order valence-electron chi connectivity index (χ3n) is 3.11. The summed E-state index contributed by atoms with van der Waals surface area (Å²) in [5.41, 5.74) is 0.521. The average Bonchev–Trinajstić information content (AvgIpc) is 3.02. The zero-order valence-corrected chi connectivity index (χ0v) is 13.2. The second-order valence-electron chi connectivity index (χ2n) is 5.35. The van der Waals surface area contributed by atoms with Crippen molar-refractivity contribution in [1.29, 1.82) is 0 Å². The fourth-order valence-corrected chi connectivity index (χ4v) is 1.83. The Labute approximate surface area is 134 Å². The van der Waals surface area contributed by atoms with E-state index in [-0.39, 0.29) is 24.3 Å². The molecule has 2 rings (SSSR count). The topological polar surface area (TPSA) is 97.1 Å². The van der Waals surface area contributed by atoms with Crippen LogP contribution in [0.3, 0.4) is 0 Å². The Morgan fingerprint density at radius 3 is 2.57 bits per heavy atom. The molecule has 1 aromatic carbocycles. The first-order valence-corrected chi connectivity index (χ1v) is 7.48. The van der Waals surface area contributed by atoms with Crippen LogP contribution in [0, 0.1) is 0 Å². The van der Waals surface area contributed by atoms with Gasteiger partial charge in [-0.3, -0.25) is 9.59 Å². The molecule has 1 aromatic heterocycles. The minimum Gasteiger partial charge on any atom is -0.354 e. The number of carbonyl (C=O) groups excluding carboxylic acids is 2. The molecule has 0 aliphatic heterocycles. The van der Waals surface area contributed by atoms with Gasteiger partial charge in [-0.1, -0.05) is 37.2 Å². The summed E-state index contributed by atoms with van der Waals surface area (Å²) in [6.45, 7) is 4.26. The van der Waals surface area contributed by atoms with E-state index < -0.39 is 0 Å². The largest absolute Gasteiger partial charge is 0.354 e. The van der Waals surface area contributed by atoms with E-state index in [0.29, 0.717) is 30.2 Å². The molecule has 23 heavy (non-hydrogen) atoms. The van der Waals surface area contributed by atoms with Crippen LogP contribution in [-0.4, -0.2) is 35.0 Å². The standard InChI is InChI=1S/C16H20N4O3/c1-11(2)15-19-14(23-20-15)8-9-17-13(21)10-18-16(22)12-6-4-3-5-7-12/h3-7,11H,8-10H2,1-2H3,(H,17,21)(H,18,22). The first-order chi connectivity index (χ1) is 11.1. The lowest BCUT2D eigenvalue weighted by Gasteiger charge is -2.06. The molecule has 7 nitrogen and oxygen atoms in total. The van der Waals surface area contributed by atoms with Crippen LogP contribution in [-0.2, 0) is 11.2 Å². The second kappa shape index (κ2) is 8.07. The van der Waals surface area contributed by atoms with E-state index in [2.05, 4.69) is 20.8 Å². The maximum absolute atomic E-state index is 11.8. The van der Waals surface area contributed by atoms with Crippen molar-refractivity contribution in [2.24, 2.45) is 0 Å². The van der Waals surface area contributed by atoms with Gasteiger partial charge in [-0.25, -0.2) is 0 Å². The van der Waals surface area contributed by atoms with Gasteiger partial charge in [0.1, 0.15) is 0 Å². The monoisotopic (exact) mass is 316 g/mol. The first-order valence-electron chi connectivity index (χ1n) is 7.48. The molecule has 0 aliphatic rings. The third-order valence-corrected chi connectivity index (χ3v) is 3.11. The maximum Gasteiger partial charge on any atom is 0.251 e. The number of nitrogens with zero attached hydrogens (tertiary/aromatic N) is 2. The maximum atomic E-state index is 11.8. The fraction of sp³-hybridized carbons (Fsp3) is 0.375. The smallest absolute Gasteiger partial charge is 0.251 e. The quantitative estimate of drug-likeness (QED) is 0.802. The number of amides is 2. The van der Waals surface area contributed by atoms with Crippen molar-refractivity contribution in [1.82, 2.24) is 20.8 Å². The van der Waals surface area contributed by atoms with Gasteiger partial charge >= 0.3 is 0 Å². The molecule has 2 amide bonds. The lowest BCUT2D eigenvalue weighted by Crippen LogP contribution is -2.37. The Morgan fingerprint density at radius 1 is 1.17 bits per heavy atom. The summed E-state index contributed by atoms with van der Waals surface area (Å²) < 4.78 is 5.08. The number of hydrogen-bond donors (Lipinski definition) is 2. The number of carbonyl (C=O) groups is 2. The molecule has 0 bridgehead atoms. The summed E-state index contributed by atoms with van der Waals surface area (Å²) in [5, 5.41) is 9.11. The molecule has 7 heteroatoms. The molecule has 0 saturated carbocycles. The molecule has 122 valence electrons. The Kier molecular flexibility index (Phi) is 5.85. The first kappa shape index (κ1) is 16.7. The van der Waals surface area contributed by atoms with E-state index in [0.717, 1.165) is 0 Å². The lowest BCUT2D eigenvalue weighted by molar-refractivity contribution is -0.120. The van der Waals surface area contributed by atoms with Crippen molar-refractivity contribution < 1.29 is 14.1 Å². The van der Waals surface area contributed by atoms with Crippen LogP contribution in [0.5, 0.6) is 0 Å². The molecule has 0 unspecified atom stereocenters. The SMILES string of the molecule is CC(C)c1noc(CCNC(=O)CNC(=O)c2ccccc2)n1. The minimum atomic E-state index is -0.278. The van der Waals surface area contributed by atoms with Crippen LogP contribution in [0.2, 0.25) is 0 Å². The van der Waals surface area contributed by atoms with Crippen molar-refractivity contribution in [2.75, 3.05) is 13.1 Å². The molecule has 2 aromatic rings. The summed E-state index contributed by atoms with van der Waals surface area (Å²) in [7, 11) is 0. The molecule has 0 saturated heterocycles. The number of benzene rings is 1. The van der Waals surface area contributed by atoms with E-state index in [4.69, 9.17) is 4.52 Å².